The van der Waals surface area contributed by atoms with Gasteiger partial charge in [0, 0.05) is 35.8 Å². The summed E-state index contributed by atoms with van der Waals surface area (Å²) >= 11 is 0. The fourth-order valence-electron chi connectivity index (χ4n) is 2.22. The molecule has 1 aromatic rings. The molecule has 1 aliphatic rings. The molecular weight excluding hydrogens is 262 g/mol. The zero-order chi connectivity index (χ0) is 14.7. The summed E-state index contributed by atoms with van der Waals surface area (Å²) in [5.74, 6) is -1.30. The van der Waals surface area contributed by atoms with Gasteiger partial charge in [-0.05, 0) is 29.6 Å². The van der Waals surface area contributed by atoms with Crippen molar-refractivity contribution in [1.82, 2.24) is 0 Å². The van der Waals surface area contributed by atoms with Crippen LogP contribution in [0, 0.1) is 5.92 Å². The van der Waals surface area contributed by atoms with Crippen molar-refractivity contribution in [2.75, 3.05) is 23.7 Å². The Morgan fingerprint density at radius 3 is 2.95 bits per heavy atom. The fourth-order valence-corrected chi connectivity index (χ4v) is 2.22. The summed E-state index contributed by atoms with van der Waals surface area (Å²) in [5.41, 5.74) is 14.7. The van der Waals surface area contributed by atoms with E-state index in [9.17, 15) is 9.59 Å². The van der Waals surface area contributed by atoms with E-state index in [-0.39, 0.29) is 36.0 Å². The fraction of sp³-hybridized carbons (Fsp3) is 0.333. The van der Waals surface area contributed by atoms with E-state index in [2.05, 4.69) is 10.0 Å². The summed E-state index contributed by atoms with van der Waals surface area (Å²) in [5, 5.41) is 12.5. The Bertz CT molecular complexity index is 609. The van der Waals surface area contributed by atoms with E-state index in [4.69, 9.17) is 16.4 Å². The average Bonchev–Trinajstić information content (AvgIpc) is 2.77. The summed E-state index contributed by atoms with van der Waals surface area (Å²) in [6.45, 7) is 0.632. The zero-order valence-corrected chi connectivity index (χ0v) is 10.6. The molecule has 2 rings (SSSR count). The van der Waals surface area contributed by atoms with Crippen LogP contribution in [0.3, 0.4) is 0 Å². The highest BCUT2D eigenvalue weighted by molar-refractivity contribution is 5.98. The molecule has 1 heterocycles. The maximum absolute atomic E-state index is 11.9. The van der Waals surface area contributed by atoms with Crippen molar-refractivity contribution in [2.24, 2.45) is 11.0 Å². The number of nitrogens with zero attached hydrogens (tertiary/aromatic N) is 4. The van der Waals surface area contributed by atoms with Gasteiger partial charge in [-0.25, -0.2) is 4.79 Å². The SMILES string of the molecule is [N-]=[N+]=NCC1CC(=O)N(c2cc(N)cc(C(=O)O)c2)C1. The first-order chi connectivity index (χ1) is 9.51. The smallest absolute Gasteiger partial charge is 0.335 e. The first-order valence-electron chi connectivity index (χ1n) is 5.96. The van der Waals surface area contributed by atoms with Crippen molar-refractivity contribution in [3.63, 3.8) is 0 Å². The lowest BCUT2D eigenvalue weighted by Gasteiger charge is -2.17. The number of nitrogens with two attached hydrogens (primary N) is 1. The van der Waals surface area contributed by atoms with Gasteiger partial charge in [-0.2, -0.15) is 0 Å². The summed E-state index contributed by atoms with van der Waals surface area (Å²) in [6, 6.07) is 4.30. The molecule has 0 spiro atoms. The molecule has 0 bridgehead atoms. The molecule has 0 radical (unpaired) electrons. The predicted octanol–water partition coefficient (Wildman–Crippen LogP) is 1.63. The van der Waals surface area contributed by atoms with Gasteiger partial charge in [-0.1, -0.05) is 5.11 Å². The van der Waals surface area contributed by atoms with Gasteiger partial charge < -0.3 is 15.7 Å². The number of aromatic carboxylic acids is 1. The van der Waals surface area contributed by atoms with Crippen LogP contribution in [0.25, 0.3) is 10.4 Å². The van der Waals surface area contributed by atoms with Crippen LogP contribution < -0.4 is 10.6 Å². The maximum Gasteiger partial charge on any atom is 0.335 e. The van der Waals surface area contributed by atoms with Crippen LogP contribution in [0.1, 0.15) is 16.8 Å². The van der Waals surface area contributed by atoms with Crippen molar-refractivity contribution in [3.8, 4) is 0 Å². The Morgan fingerprint density at radius 2 is 2.30 bits per heavy atom. The predicted molar refractivity (Wildman–Crippen MR) is 72.3 cm³/mol. The van der Waals surface area contributed by atoms with E-state index in [1.807, 2.05) is 0 Å². The van der Waals surface area contributed by atoms with Crippen molar-refractivity contribution in [3.05, 3.63) is 34.2 Å². The van der Waals surface area contributed by atoms with Gasteiger partial charge in [0.25, 0.3) is 0 Å². The molecule has 1 atom stereocenters. The van der Waals surface area contributed by atoms with Gasteiger partial charge in [0.15, 0.2) is 0 Å². The summed E-state index contributed by atoms with van der Waals surface area (Å²) in [7, 11) is 0. The third-order valence-corrected chi connectivity index (χ3v) is 3.11. The van der Waals surface area contributed by atoms with Crippen LogP contribution in [0.2, 0.25) is 0 Å². The monoisotopic (exact) mass is 275 g/mol. The molecule has 20 heavy (non-hydrogen) atoms. The Kier molecular flexibility index (Phi) is 3.76. The molecule has 1 fully saturated rings. The lowest BCUT2D eigenvalue weighted by Crippen LogP contribution is -2.25. The summed E-state index contributed by atoms with van der Waals surface area (Å²) < 4.78 is 0. The lowest BCUT2D eigenvalue weighted by atomic mass is 10.1. The second-order valence-corrected chi connectivity index (χ2v) is 4.61. The molecule has 0 aromatic heterocycles. The van der Waals surface area contributed by atoms with E-state index < -0.39 is 5.97 Å². The molecular formula is C12H13N5O3. The second kappa shape index (κ2) is 5.50. The van der Waals surface area contributed by atoms with Crippen LogP contribution in [0.4, 0.5) is 11.4 Å². The highest BCUT2D eigenvalue weighted by Gasteiger charge is 2.30. The van der Waals surface area contributed by atoms with Gasteiger partial charge in [0.05, 0.1) is 5.56 Å². The Balaban J connectivity index is 2.25. The maximum atomic E-state index is 11.9. The highest BCUT2D eigenvalue weighted by atomic mass is 16.4. The number of nitrogen functional groups attached to an aromatic ring is 1. The van der Waals surface area contributed by atoms with Crippen LogP contribution in [0.15, 0.2) is 23.3 Å². The summed E-state index contributed by atoms with van der Waals surface area (Å²) in [4.78, 5) is 27.1. The third-order valence-electron chi connectivity index (χ3n) is 3.11. The molecule has 0 saturated carbocycles. The van der Waals surface area contributed by atoms with E-state index in [0.29, 0.717) is 12.2 Å². The van der Waals surface area contributed by atoms with Crippen LogP contribution >= 0.6 is 0 Å². The van der Waals surface area contributed by atoms with Crippen LogP contribution in [-0.2, 0) is 4.79 Å². The normalized spacial score (nSPS) is 17.9. The quantitative estimate of drug-likeness (QED) is 0.374. The number of amides is 1. The second-order valence-electron chi connectivity index (χ2n) is 4.61. The van der Waals surface area contributed by atoms with Gasteiger partial charge >= 0.3 is 5.97 Å². The molecule has 1 aromatic carbocycles. The van der Waals surface area contributed by atoms with Crippen molar-refractivity contribution >= 4 is 23.3 Å². The minimum atomic E-state index is -1.10. The topological polar surface area (TPSA) is 132 Å². The van der Waals surface area contributed by atoms with E-state index in [1.54, 1.807) is 6.07 Å². The van der Waals surface area contributed by atoms with Crippen LogP contribution in [0.5, 0.6) is 0 Å². The van der Waals surface area contributed by atoms with E-state index in [1.165, 1.54) is 17.0 Å². The minimum absolute atomic E-state index is 0.0336. The minimum Gasteiger partial charge on any atom is -0.478 e. The molecule has 1 aliphatic heterocycles. The number of hydrogen-bond acceptors (Lipinski definition) is 4. The first kappa shape index (κ1) is 13.7. The number of hydrogen-bond donors (Lipinski definition) is 2. The Morgan fingerprint density at radius 1 is 1.55 bits per heavy atom. The number of azide groups is 1. The largest absolute Gasteiger partial charge is 0.478 e. The zero-order valence-electron chi connectivity index (χ0n) is 10.6. The summed E-state index contributed by atoms with van der Waals surface area (Å²) in [6.07, 6.45) is 0.274. The molecule has 8 heteroatoms. The van der Waals surface area contributed by atoms with E-state index in [0.717, 1.165) is 0 Å². The first-order valence-corrected chi connectivity index (χ1v) is 5.96. The molecule has 104 valence electrons. The number of carboxylic acids is 1. The van der Waals surface area contributed by atoms with E-state index >= 15 is 0 Å². The van der Waals surface area contributed by atoms with Crippen LogP contribution in [-0.4, -0.2) is 30.1 Å². The molecule has 0 aliphatic carbocycles. The standard InChI is InChI=1S/C12H13N5O3/c13-9-2-8(12(19)20)3-10(4-9)17-6-7(1-11(17)18)5-15-16-14/h2-4,7H,1,5-6,13H2,(H,19,20). The van der Waals surface area contributed by atoms with Crippen molar-refractivity contribution < 1.29 is 14.7 Å². The lowest BCUT2D eigenvalue weighted by molar-refractivity contribution is -0.117. The number of carbonyl (C=O) groups excluding carboxylic acids is 1. The Hall–Kier alpha value is -2.73. The molecule has 1 amide bonds. The molecule has 8 nitrogen and oxygen atoms in total. The highest BCUT2D eigenvalue weighted by Crippen LogP contribution is 2.28. The van der Waals surface area contributed by atoms with Gasteiger partial charge in [0.2, 0.25) is 5.91 Å². The molecule has 3 N–H and O–H groups in total. The number of benzene rings is 1. The van der Waals surface area contributed by atoms with Gasteiger partial charge in [0.1, 0.15) is 0 Å². The van der Waals surface area contributed by atoms with Gasteiger partial charge in [-0.15, -0.1) is 0 Å². The number of carbonyl (C=O) groups is 2. The molecule has 1 unspecified atom stereocenters. The Labute approximate surface area is 114 Å². The third kappa shape index (κ3) is 2.81. The van der Waals surface area contributed by atoms with Gasteiger partial charge in [-0.3, -0.25) is 4.79 Å². The van der Waals surface area contributed by atoms with Crippen molar-refractivity contribution in [2.45, 2.75) is 6.42 Å². The average molecular weight is 275 g/mol. The molecule has 1 saturated heterocycles. The number of anilines is 2. The number of carboxylic acid groups (broad SMARTS) is 1. The number of rotatable bonds is 4. The van der Waals surface area contributed by atoms with Crippen molar-refractivity contribution in [1.29, 1.82) is 0 Å².